The second-order valence-corrected chi connectivity index (χ2v) is 4.30. The Morgan fingerprint density at radius 2 is 2.07 bits per heavy atom. The van der Waals surface area contributed by atoms with E-state index in [1.807, 2.05) is 6.07 Å². The molecule has 0 saturated heterocycles. The van der Waals surface area contributed by atoms with Crippen LogP contribution in [0.3, 0.4) is 0 Å². The molecule has 0 aliphatic heterocycles. The van der Waals surface area contributed by atoms with Crippen LogP contribution in [0.4, 0.5) is 0 Å². The number of nitrogens with zero attached hydrogens (tertiary/aromatic N) is 1. The molecular weight excluding hydrogens is 289 g/mol. The van der Waals surface area contributed by atoms with E-state index in [-0.39, 0.29) is 0 Å². The summed E-state index contributed by atoms with van der Waals surface area (Å²) in [5, 5.41) is 7.36. The Labute approximate surface area is 94.0 Å². The van der Waals surface area contributed by atoms with E-state index in [4.69, 9.17) is 4.52 Å². The molecule has 3 heteroatoms. The first-order chi connectivity index (χ1) is 6.86. The van der Waals surface area contributed by atoms with Crippen molar-refractivity contribution in [3.8, 4) is 0 Å². The lowest BCUT2D eigenvalue weighted by Crippen LogP contribution is -1.77. The lowest BCUT2D eigenvalue weighted by Gasteiger charge is -1.99. The van der Waals surface area contributed by atoms with E-state index in [1.165, 1.54) is 14.3 Å². The summed E-state index contributed by atoms with van der Waals surface area (Å²) in [5.74, 6) is 0. The van der Waals surface area contributed by atoms with Crippen LogP contribution in [0, 0.1) is 3.57 Å². The van der Waals surface area contributed by atoms with Gasteiger partial charge in [-0.05, 0) is 40.1 Å². The molecule has 0 saturated carbocycles. The van der Waals surface area contributed by atoms with Gasteiger partial charge in [0.05, 0.1) is 11.6 Å². The second-order valence-electron chi connectivity index (χ2n) is 3.14. The second kappa shape index (κ2) is 2.95. The lowest BCUT2D eigenvalue weighted by molar-refractivity contribution is 0.456. The summed E-state index contributed by atoms with van der Waals surface area (Å²) in [5.41, 5.74) is 0.849. The third kappa shape index (κ3) is 1.05. The molecule has 0 radical (unpaired) electrons. The number of hydrogen-bond donors (Lipinski definition) is 0. The standard InChI is InChI=1S/C11H6INO/c12-9-3-1-2-7-4-5-10-8(11(7)9)6-13-14-10/h1-6H. The van der Waals surface area contributed by atoms with Crippen LogP contribution in [-0.4, -0.2) is 5.16 Å². The van der Waals surface area contributed by atoms with Gasteiger partial charge in [-0.3, -0.25) is 0 Å². The molecule has 0 spiro atoms. The molecule has 1 heterocycles. The smallest absolute Gasteiger partial charge is 0.167 e. The zero-order valence-corrected chi connectivity index (χ0v) is 9.36. The van der Waals surface area contributed by atoms with Gasteiger partial charge in [0.15, 0.2) is 5.58 Å². The molecule has 2 nitrogen and oxygen atoms in total. The highest BCUT2D eigenvalue weighted by Crippen LogP contribution is 2.28. The van der Waals surface area contributed by atoms with Crippen molar-refractivity contribution in [3.05, 3.63) is 40.1 Å². The SMILES string of the molecule is Ic1cccc2ccc3oncc3c12. The molecule has 0 aliphatic rings. The summed E-state index contributed by atoms with van der Waals surface area (Å²) >= 11 is 2.33. The molecule has 14 heavy (non-hydrogen) atoms. The van der Waals surface area contributed by atoms with Crippen molar-refractivity contribution in [1.29, 1.82) is 0 Å². The highest BCUT2D eigenvalue weighted by atomic mass is 127. The molecule has 1 aromatic heterocycles. The van der Waals surface area contributed by atoms with Crippen molar-refractivity contribution >= 4 is 44.3 Å². The third-order valence-electron chi connectivity index (χ3n) is 2.33. The first-order valence-electron chi connectivity index (χ1n) is 4.28. The van der Waals surface area contributed by atoms with E-state index >= 15 is 0 Å². The van der Waals surface area contributed by atoms with E-state index in [2.05, 4.69) is 52.0 Å². The minimum atomic E-state index is 0.849. The van der Waals surface area contributed by atoms with Gasteiger partial charge in [-0.2, -0.15) is 0 Å². The van der Waals surface area contributed by atoms with Crippen LogP contribution in [0.2, 0.25) is 0 Å². The van der Waals surface area contributed by atoms with Gasteiger partial charge in [-0.1, -0.05) is 23.4 Å². The van der Waals surface area contributed by atoms with Gasteiger partial charge in [-0.15, -0.1) is 0 Å². The van der Waals surface area contributed by atoms with Crippen LogP contribution >= 0.6 is 22.6 Å². The van der Waals surface area contributed by atoms with E-state index in [0.29, 0.717) is 0 Å². The Kier molecular flexibility index (Phi) is 1.73. The molecule has 0 atom stereocenters. The third-order valence-corrected chi connectivity index (χ3v) is 3.23. The average molecular weight is 295 g/mol. The summed E-state index contributed by atoms with van der Waals surface area (Å²) in [6.07, 6.45) is 1.78. The van der Waals surface area contributed by atoms with E-state index < -0.39 is 0 Å². The maximum atomic E-state index is 5.13. The molecule has 2 aromatic carbocycles. The van der Waals surface area contributed by atoms with Crippen molar-refractivity contribution in [2.75, 3.05) is 0 Å². The van der Waals surface area contributed by atoms with Crippen molar-refractivity contribution in [2.24, 2.45) is 0 Å². The molecule has 68 valence electrons. The highest BCUT2D eigenvalue weighted by molar-refractivity contribution is 14.1. The van der Waals surface area contributed by atoms with E-state index in [0.717, 1.165) is 11.0 Å². The summed E-state index contributed by atoms with van der Waals surface area (Å²) in [6, 6.07) is 10.3. The largest absolute Gasteiger partial charge is 0.356 e. The van der Waals surface area contributed by atoms with Crippen molar-refractivity contribution in [1.82, 2.24) is 5.16 Å². The molecule has 0 fully saturated rings. The monoisotopic (exact) mass is 295 g/mol. The first-order valence-corrected chi connectivity index (χ1v) is 5.36. The Morgan fingerprint density at radius 1 is 1.14 bits per heavy atom. The average Bonchev–Trinajstić information content (AvgIpc) is 2.65. The van der Waals surface area contributed by atoms with Crippen LogP contribution in [0.25, 0.3) is 21.7 Å². The van der Waals surface area contributed by atoms with Gasteiger partial charge in [0.1, 0.15) is 0 Å². The molecule has 0 amide bonds. The number of halogens is 1. The predicted molar refractivity (Wildman–Crippen MR) is 64.2 cm³/mol. The summed E-state index contributed by atoms with van der Waals surface area (Å²) in [7, 11) is 0. The topological polar surface area (TPSA) is 26.0 Å². The number of benzene rings is 2. The lowest BCUT2D eigenvalue weighted by atomic mass is 10.1. The molecular formula is C11H6INO. The Balaban J connectivity index is 2.67. The Morgan fingerprint density at radius 3 is 3.00 bits per heavy atom. The van der Waals surface area contributed by atoms with E-state index in [1.54, 1.807) is 6.20 Å². The molecule has 0 bridgehead atoms. The first kappa shape index (κ1) is 8.23. The molecule has 3 aromatic rings. The zero-order chi connectivity index (χ0) is 9.54. The number of hydrogen-bond acceptors (Lipinski definition) is 2. The van der Waals surface area contributed by atoms with Crippen molar-refractivity contribution in [2.45, 2.75) is 0 Å². The Bertz CT molecular complexity index is 615. The fraction of sp³-hybridized carbons (Fsp3) is 0. The van der Waals surface area contributed by atoms with Crippen molar-refractivity contribution < 1.29 is 4.52 Å². The fourth-order valence-corrected chi connectivity index (χ4v) is 2.50. The molecule has 0 N–H and O–H groups in total. The van der Waals surface area contributed by atoms with Gasteiger partial charge < -0.3 is 4.52 Å². The molecule has 0 unspecified atom stereocenters. The zero-order valence-electron chi connectivity index (χ0n) is 7.20. The minimum absolute atomic E-state index is 0.849. The fourth-order valence-electron chi connectivity index (χ4n) is 1.69. The minimum Gasteiger partial charge on any atom is -0.356 e. The van der Waals surface area contributed by atoms with Crippen LogP contribution in [0.1, 0.15) is 0 Å². The van der Waals surface area contributed by atoms with Crippen LogP contribution in [0.15, 0.2) is 41.1 Å². The van der Waals surface area contributed by atoms with Crippen LogP contribution in [0.5, 0.6) is 0 Å². The van der Waals surface area contributed by atoms with Gasteiger partial charge in [0, 0.05) is 8.96 Å². The molecule has 0 aliphatic carbocycles. The van der Waals surface area contributed by atoms with Gasteiger partial charge in [0.2, 0.25) is 0 Å². The van der Waals surface area contributed by atoms with E-state index in [9.17, 15) is 0 Å². The Hall–Kier alpha value is -1.10. The number of aromatic nitrogens is 1. The van der Waals surface area contributed by atoms with Gasteiger partial charge >= 0.3 is 0 Å². The number of rotatable bonds is 0. The normalized spacial score (nSPS) is 11.2. The predicted octanol–water partition coefficient (Wildman–Crippen LogP) is 3.59. The molecule has 3 rings (SSSR count). The summed E-state index contributed by atoms with van der Waals surface area (Å²) < 4.78 is 6.36. The van der Waals surface area contributed by atoms with Crippen molar-refractivity contribution in [3.63, 3.8) is 0 Å². The maximum Gasteiger partial charge on any atom is 0.167 e. The highest BCUT2D eigenvalue weighted by Gasteiger charge is 2.05. The maximum absolute atomic E-state index is 5.13. The number of fused-ring (bicyclic) bond motifs is 3. The van der Waals surface area contributed by atoms with Crippen LogP contribution in [-0.2, 0) is 0 Å². The quantitative estimate of drug-likeness (QED) is 0.592. The summed E-state index contributed by atoms with van der Waals surface area (Å²) in [6.45, 7) is 0. The summed E-state index contributed by atoms with van der Waals surface area (Å²) in [4.78, 5) is 0. The van der Waals surface area contributed by atoms with Gasteiger partial charge in [0.25, 0.3) is 0 Å². The van der Waals surface area contributed by atoms with Crippen LogP contribution < -0.4 is 0 Å². The van der Waals surface area contributed by atoms with Gasteiger partial charge in [-0.25, -0.2) is 0 Å².